The normalized spacial score (nSPS) is 10.6. The Balaban J connectivity index is 4.53. The Morgan fingerprint density at radius 2 is 0.778 bits per heavy atom. The largest absolute Gasteiger partial charge is 0.465 e. The van der Waals surface area contributed by atoms with Gasteiger partial charge >= 0.3 is 23.9 Å². The zero-order valence-corrected chi connectivity index (χ0v) is 16.8. The second-order valence-electron chi connectivity index (χ2n) is 5.75. The third-order valence-electron chi connectivity index (χ3n) is 3.77. The molecule has 0 bridgehead atoms. The number of hydrogen-bond donors (Lipinski definition) is 0. The first-order valence-corrected chi connectivity index (χ1v) is 9.59. The van der Waals surface area contributed by atoms with Gasteiger partial charge in [0.25, 0.3) is 0 Å². The van der Waals surface area contributed by atoms with Gasteiger partial charge in [0.1, 0.15) is 0 Å². The summed E-state index contributed by atoms with van der Waals surface area (Å²) in [6.45, 7) is 7.45. The molecule has 8 heteroatoms. The Hall–Kier alpha value is -2.12. The lowest BCUT2D eigenvalue weighted by molar-refractivity contribution is -0.163. The molecule has 0 atom stereocenters. The van der Waals surface area contributed by atoms with Crippen LogP contribution < -0.4 is 0 Å². The van der Waals surface area contributed by atoms with Crippen LogP contribution in [0.1, 0.15) is 59.8 Å². The van der Waals surface area contributed by atoms with Crippen LogP contribution in [0.2, 0.25) is 0 Å². The van der Waals surface area contributed by atoms with Crippen LogP contribution in [-0.2, 0) is 38.1 Å². The minimum Gasteiger partial charge on any atom is -0.465 e. The third-order valence-corrected chi connectivity index (χ3v) is 3.77. The fourth-order valence-electron chi connectivity index (χ4n) is 2.51. The van der Waals surface area contributed by atoms with Gasteiger partial charge in [-0.1, -0.05) is 19.3 Å². The van der Waals surface area contributed by atoms with Gasteiger partial charge in [-0.2, -0.15) is 0 Å². The fourth-order valence-corrected chi connectivity index (χ4v) is 2.51. The van der Waals surface area contributed by atoms with E-state index in [0.29, 0.717) is 32.1 Å². The Morgan fingerprint density at radius 3 is 1.00 bits per heavy atom. The average molecular weight is 388 g/mol. The molecule has 0 aromatic rings. The van der Waals surface area contributed by atoms with Crippen LogP contribution in [0.15, 0.2) is 0 Å². The molecular weight excluding hydrogens is 356 g/mol. The van der Waals surface area contributed by atoms with Crippen LogP contribution in [0.3, 0.4) is 0 Å². The molecule has 0 N–H and O–H groups in total. The van der Waals surface area contributed by atoms with Gasteiger partial charge in [-0.05, 0) is 40.5 Å². The van der Waals surface area contributed by atoms with Crippen LogP contribution >= 0.6 is 0 Å². The highest BCUT2D eigenvalue weighted by atomic mass is 16.6. The molecule has 27 heavy (non-hydrogen) atoms. The SMILES string of the molecule is CCOC(=O)C(CCCCCC(C(=O)OCC)C(=O)OCC)C(=O)OCC. The molecular formula is C19H32O8. The molecule has 0 aromatic carbocycles. The van der Waals surface area contributed by atoms with E-state index in [1.54, 1.807) is 27.7 Å². The van der Waals surface area contributed by atoms with E-state index in [1.165, 1.54) is 0 Å². The summed E-state index contributed by atoms with van der Waals surface area (Å²) in [7, 11) is 0. The molecule has 0 fully saturated rings. The molecule has 0 rings (SSSR count). The topological polar surface area (TPSA) is 105 Å². The van der Waals surface area contributed by atoms with Gasteiger partial charge in [0.2, 0.25) is 0 Å². The molecule has 0 unspecified atom stereocenters. The highest BCUT2D eigenvalue weighted by molar-refractivity contribution is 5.95. The van der Waals surface area contributed by atoms with Crippen molar-refractivity contribution >= 4 is 23.9 Å². The summed E-state index contributed by atoms with van der Waals surface area (Å²) in [4.78, 5) is 47.6. The molecule has 0 aliphatic carbocycles. The molecule has 0 radical (unpaired) electrons. The second-order valence-corrected chi connectivity index (χ2v) is 5.75. The lowest BCUT2D eigenvalue weighted by Gasteiger charge is -2.15. The molecule has 0 heterocycles. The van der Waals surface area contributed by atoms with E-state index in [1.807, 2.05) is 0 Å². The Morgan fingerprint density at radius 1 is 0.519 bits per heavy atom. The highest BCUT2D eigenvalue weighted by Crippen LogP contribution is 2.18. The summed E-state index contributed by atoms with van der Waals surface area (Å²) in [5, 5.41) is 0. The van der Waals surface area contributed by atoms with E-state index < -0.39 is 35.7 Å². The third kappa shape index (κ3) is 9.96. The molecule has 0 spiro atoms. The summed E-state index contributed by atoms with van der Waals surface area (Å²) in [5.74, 6) is -4.26. The number of ether oxygens (including phenoxy) is 4. The van der Waals surface area contributed by atoms with Crippen molar-refractivity contribution in [2.45, 2.75) is 59.8 Å². The highest BCUT2D eigenvalue weighted by Gasteiger charge is 2.30. The first-order valence-electron chi connectivity index (χ1n) is 9.59. The Kier molecular flexibility index (Phi) is 13.8. The van der Waals surface area contributed by atoms with Crippen molar-refractivity contribution in [3.8, 4) is 0 Å². The maximum absolute atomic E-state index is 11.9. The molecule has 8 nitrogen and oxygen atoms in total. The van der Waals surface area contributed by atoms with E-state index in [4.69, 9.17) is 18.9 Å². The van der Waals surface area contributed by atoms with Crippen LogP contribution in [-0.4, -0.2) is 50.3 Å². The van der Waals surface area contributed by atoms with Crippen LogP contribution in [0.4, 0.5) is 0 Å². The molecule has 0 aromatic heterocycles. The van der Waals surface area contributed by atoms with E-state index in [2.05, 4.69) is 0 Å². The molecule has 0 aliphatic heterocycles. The predicted molar refractivity (Wildman–Crippen MR) is 96.6 cm³/mol. The van der Waals surface area contributed by atoms with E-state index in [-0.39, 0.29) is 26.4 Å². The Labute approximate surface area is 160 Å². The van der Waals surface area contributed by atoms with Crippen molar-refractivity contribution in [1.29, 1.82) is 0 Å². The summed E-state index contributed by atoms with van der Waals surface area (Å²) in [6, 6.07) is 0. The number of rotatable bonds is 14. The van der Waals surface area contributed by atoms with Gasteiger partial charge in [0.05, 0.1) is 26.4 Å². The maximum atomic E-state index is 11.9. The van der Waals surface area contributed by atoms with Crippen molar-refractivity contribution in [2.75, 3.05) is 26.4 Å². The molecule has 0 saturated carbocycles. The number of hydrogen-bond acceptors (Lipinski definition) is 8. The standard InChI is InChI=1S/C19H32O8/c1-5-24-16(20)14(17(21)25-6-2)12-10-9-11-13-15(18(22)26-7-3)19(23)27-8-4/h14-15H,5-13H2,1-4H3. The van der Waals surface area contributed by atoms with Gasteiger partial charge in [0.15, 0.2) is 11.8 Å². The van der Waals surface area contributed by atoms with Gasteiger partial charge in [-0.25, -0.2) is 0 Å². The van der Waals surface area contributed by atoms with Gasteiger partial charge < -0.3 is 18.9 Å². The average Bonchev–Trinajstić information content (AvgIpc) is 2.61. The number of esters is 4. The minimum absolute atomic E-state index is 0.190. The van der Waals surface area contributed by atoms with E-state index in [0.717, 1.165) is 0 Å². The zero-order valence-electron chi connectivity index (χ0n) is 16.8. The van der Waals surface area contributed by atoms with E-state index in [9.17, 15) is 19.2 Å². The number of carbonyl (C=O) groups is 4. The predicted octanol–water partition coefficient (Wildman–Crippen LogP) is 2.42. The first-order chi connectivity index (χ1) is 12.9. The lowest BCUT2D eigenvalue weighted by Crippen LogP contribution is -2.28. The lowest BCUT2D eigenvalue weighted by atomic mass is 9.97. The van der Waals surface area contributed by atoms with Crippen LogP contribution in [0, 0.1) is 11.8 Å². The molecule has 0 aliphatic rings. The second kappa shape index (κ2) is 15.0. The van der Waals surface area contributed by atoms with Crippen LogP contribution in [0.5, 0.6) is 0 Å². The van der Waals surface area contributed by atoms with Crippen molar-refractivity contribution in [3.05, 3.63) is 0 Å². The number of unbranched alkanes of at least 4 members (excludes halogenated alkanes) is 2. The van der Waals surface area contributed by atoms with Crippen molar-refractivity contribution < 1.29 is 38.1 Å². The molecule has 0 saturated heterocycles. The zero-order chi connectivity index (χ0) is 20.7. The van der Waals surface area contributed by atoms with Crippen molar-refractivity contribution in [2.24, 2.45) is 11.8 Å². The van der Waals surface area contributed by atoms with Crippen molar-refractivity contribution in [3.63, 3.8) is 0 Å². The van der Waals surface area contributed by atoms with E-state index >= 15 is 0 Å². The van der Waals surface area contributed by atoms with Gasteiger partial charge in [-0.3, -0.25) is 19.2 Å². The minimum atomic E-state index is -0.948. The number of carbonyl (C=O) groups excluding carboxylic acids is 4. The summed E-state index contributed by atoms with van der Waals surface area (Å²) in [6.07, 6.45) is 2.33. The molecule has 156 valence electrons. The summed E-state index contributed by atoms with van der Waals surface area (Å²) in [5.41, 5.74) is 0. The summed E-state index contributed by atoms with van der Waals surface area (Å²) < 4.78 is 19.7. The van der Waals surface area contributed by atoms with Gasteiger partial charge in [0, 0.05) is 0 Å². The quantitative estimate of drug-likeness (QED) is 0.193. The Bertz CT molecular complexity index is 396. The van der Waals surface area contributed by atoms with Gasteiger partial charge in [-0.15, -0.1) is 0 Å². The fraction of sp³-hybridized carbons (Fsp3) is 0.789. The first kappa shape index (κ1) is 24.9. The summed E-state index contributed by atoms with van der Waals surface area (Å²) >= 11 is 0. The smallest absolute Gasteiger partial charge is 0.320 e. The monoisotopic (exact) mass is 388 g/mol. The maximum Gasteiger partial charge on any atom is 0.320 e. The van der Waals surface area contributed by atoms with Crippen molar-refractivity contribution in [1.82, 2.24) is 0 Å². The molecule has 0 amide bonds. The van der Waals surface area contributed by atoms with Crippen LogP contribution in [0.25, 0.3) is 0 Å².